The molecule has 0 atom stereocenters. The van der Waals surface area contributed by atoms with Crippen LogP contribution in [0.5, 0.6) is 0 Å². The van der Waals surface area contributed by atoms with Gasteiger partial charge < -0.3 is 4.90 Å². The van der Waals surface area contributed by atoms with Crippen LogP contribution in [0.3, 0.4) is 0 Å². The molecule has 0 spiro atoms. The molecule has 0 unspecified atom stereocenters. The van der Waals surface area contributed by atoms with E-state index in [0.717, 1.165) is 56.3 Å². The number of hydrogen-bond acceptors (Lipinski definition) is 3. The van der Waals surface area contributed by atoms with Crippen LogP contribution in [-0.4, -0.2) is 41.4 Å². The third-order valence-corrected chi connectivity index (χ3v) is 6.06. The highest BCUT2D eigenvalue weighted by atomic mass is 16.7. The van der Waals surface area contributed by atoms with Gasteiger partial charge in [-0.1, -0.05) is 42.5 Å². The van der Waals surface area contributed by atoms with Gasteiger partial charge in [0.15, 0.2) is 0 Å². The molecule has 0 heterocycles. The van der Waals surface area contributed by atoms with Crippen molar-refractivity contribution < 1.29 is 14.4 Å². The lowest BCUT2D eigenvalue weighted by atomic mass is 9.81. The predicted octanol–water partition coefficient (Wildman–Crippen LogP) is 4.79. The van der Waals surface area contributed by atoms with Crippen molar-refractivity contribution in [2.45, 2.75) is 58.1 Å². The zero-order valence-corrected chi connectivity index (χ0v) is 18.0. The van der Waals surface area contributed by atoms with Crippen LogP contribution in [0.25, 0.3) is 0 Å². The van der Waals surface area contributed by atoms with Gasteiger partial charge in [0.1, 0.15) is 6.61 Å². The van der Waals surface area contributed by atoms with Gasteiger partial charge in [-0.3, -0.25) is 14.4 Å². The second-order valence-electron chi connectivity index (χ2n) is 7.83. The monoisotopic (exact) mass is 408 g/mol. The molecule has 160 valence electrons. The van der Waals surface area contributed by atoms with E-state index in [1.54, 1.807) is 0 Å². The minimum absolute atomic E-state index is 0.0902. The number of carbonyl (C=O) groups excluding carboxylic acids is 2. The van der Waals surface area contributed by atoms with Gasteiger partial charge in [0.05, 0.1) is 6.04 Å². The molecule has 5 heteroatoms. The van der Waals surface area contributed by atoms with E-state index in [-0.39, 0.29) is 11.9 Å². The van der Waals surface area contributed by atoms with Gasteiger partial charge in [0, 0.05) is 18.7 Å². The molecule has 0 radical (unpaired) electrons. The van der Waals surface area contributed by atoms with Gasteiger partial charge >= 0.3 is 0 Å². The predicted molar refractivity (Wildman–Crippen MR) is 118 cm³/mol. The van der Waals surface area contributed by atoms with Crippen LogP contribution in [0.4, 0.5) is 0 Å². The molecule has 2 aromatic carbocycles. The van der Waals surface area contributed by atoms with Crippen LogP contribution < -0.4 is 0 Å². The number of carbonyl (C=O) groups is 2. The first-order chi connectivity index (χ1) is 14.7. The normalized spacial score (nSPS) is 18.6. The average Bonchev–Trinajstić information content (AvgIpc) is 2.81. The average molecular weight is 409 g/mol. The van der Waals surface area contributed by atoms with Crippen molar-refractivity contribution in [3.05, 3.63) is 71.3 Å². The first-order valence-electron chi connectivity index (χ1n) is 11.0. The Morgan fingerprint density at radius 1 is 0.967 bits per heavy atom. The maximum atomic E-state index is 12.5. The fourth-order valence-corrected chi connectivity index (χ4v) is 4.20. The maximum absolute atomic E-state index is 12.5. The smallest absolute Gasteiger partial charge is 0.253 e. The Morgan fingerprint density at radius 2 is 1.60 bits per heavy atom. The van der Waals surface area contributed by atoms with Crippen molar-refractivity contribution in [3.63, 3.8) is 0 Å². The molecule has 30 heavy (non-hydrogen) atoms. The number of benzene rings is 2. The van der Waals surface area contributed by atoms with E-state index in [1.165, 1.54) is 10.6 Å². The Morgan fingerprint density at radius 3 is 2.17 bits per heavy atom. The highest BCUT2D eigenvalue weighted by Crippen LogP contribution is 2.35. The van der Waals surface area contributed by atoms with Crippen molar-refractivity contribution in [3.8, 4) is 0 Å². The van der Waals surface area contributed by atoms with Crippen LogP contribution in [0.2, 0.25) is 0 Å². The number of nitrogens with zero attached hydrogens (tertiary/aromatic N) is 2. The highest BCUT2D eigenvalue weighted by Gasteiger charge is 2.27. The minimum atomic E-state index is 0.0902. The lowest BCUT2D eigenvalue weighted by Crippen LogP contribution is -2.36. The molecule has 2 aromatic rings. The summed E-state index contributed by atoms with van der Waals surface area (Å²) in [4.78, 5) is 31.6. The Labute approximate surface area is 179 Å². The molecule has 1 fully saturated rings. The molecule has 0 saturated heterocycles. The number of amides is 2. The molecule has 1 aliphatic rings. The van der Waals surface area contributed by atoms with Gasteiger partial charge in [-0.25, -0.2) is 5.06 Å². The van der Waals surface area contributed by atoms with Crippen molar-refractivity contribution in [2.24, 2.45) is 0 Å². The minimum Gasteiger partial charge on any atom is -0.339 e. The standard InChI is InChI=1S/C25H32N2O3/c1-3-26(4-2)25(29)23-12-10-21(11-13-23)22-14-16-24(17-15-22)27(19-28)30-18-20-8-6-5-7-9-20/h5-13,19,22,24H,3-4,14-18H2,1-2H3. The van der Waals surface area contributed by atoms with E-state index in [2.05, 4.69) is 12.1 Å². The Hall–Kier alpha value is -2.66. The molecular weight excluding hydrogens is 376 g/mol. The van der Waals surface area contributed by atoms with Crippen LogP contribution >= 0.6 is 0 Å². The Kier molecular flexibility index (Phi) is 8.03. The van der Waals surface area contributed by atoms with E-state index in [0.29, 0.717) is 12.5 Å². The van der Waals surface area contributed by atoms with Gasteiger partial charge in [0.25, 0.3) is 5.91 Å². The summed E-state index contributed by atoms with van der Waals surface area (Å²) in [5.74, 6) is 0.550. The summed E-state index contributed by atoms with van der Waals surface area (Å²) in [5.41, 5.74) is 3.07. The van der Waals surface area contributed by atoms with Crippen LogP contribution in [0.15, 0.2) is 54.6 Å². The van der Waals surface area contributed by atoms with Crippen molar-refractivity contribution >= 4 is 12.3 Å². The fourth-order valence-electron chi connectivity index (χ4n) is 4.20. The molecule has 2 amide bonds. The molecule has 5 nitrogen and oxygen atoms in total. The zero-order valence-electron chi connectivity index (χ0n) is 18.0. The first-order valence-corrected chi connectivity index (χ1v) is 11.0. The molecule has 1 aliphatic carbocycles. The van der Waals surface area contributed by atoms with E-state index in [1.807, 2.05) is 61.2 Å². The topological polar surface area (TPSA) is 49.9 Å². The Bertz CT molecular complexity index is 795. The summed E-state index contributed by atoms with van der Waals surface area (Å²) >= 11 is 0. The third kappa shape index (κ3) is 5.48. The van der Waals surface area contributed by atoms with Crippen molar-refractivity contribution in [1.82, 2.24) is 9.96 Å². The molecule has 0 aromatic heterocycles. The molecule has 0 aliphatic heterocycles. The quantitative estimate of drug-likeness (QED) is 0.443. The van der Waals surface area contributed by atoms with Gasteiger partial charge in [-0.05, 0) is 68.7 Å². The second kappa shape index (κ2) is 10.9. The largest absolute Gasteiger partial charge is 0.339 e. The maximum Gasteiger partial charge on any atom is 0.253 e. The second-order valence-corrected chi connectivity index (χ2v) is 7.83. The van der Waals surface area contributed by atoms with Crippen LogP contribution in [-0.2, 0) is 16.2 Å². The van der Waals surface area contributed by atoms with Crippen LogP contribution in [0, 0.1) is 0 Å². The number of hydroxylamine groups is 2. The first kappa shape index (κ1) is 22.0. The van der Waals surface area contributed by atoms with Gasteiger partial charge in [0.2, 0.25) is 6.41 Å². The third-order valence-electron chi connectivity index (χ3n) is 6.06. The summed E-state index contributed by atoms with van der Waals surface area (Å²) < 4.78 is 0. The highest BCUT2D eigenvalue weighted by molar-refractivity contribution is 5.94. The fraction of sp³-hybridized carbons (Fsp3) is 0.440. The molecule has 0 bridgehead atoms. The lowest BCUT2D eigenvalue weighted by Gasteiger charge is -2.34. The summed E-state index contributed by atoms with van der Waals surface area (Å²) in [6.07, 6.45) is 4.65. The molecular formula is C25H32N2O3. The molecule has 3 rings (SSSR count). The summed E-state index contributed by atoms with van der Waals surface area (Å²) in [7, 11) is 0. The molecule has 0 N–H and O–H groups in total. The summed E-state index contributed by atoms with van der Waals surface area (Å²) in [6, 6.07) is 18.1. The SMILES string of the molecule is CCN(CC)C(=O)c1ccc(C2CCC(N(C=O)OCc3ccccc3)CC2)cc1. The zero-order chi connectivity index (χ0) is 21.3. The lowest BCUT2D eigenvalue weighted by molar-refractivity contribution is -0.196. The van der Waals surface area contributed by atoms with Gasteiger partial charge in [-0.2, -0.15) is 0 Å². The summed E-state index contributed by atoms with van der Waals surface area (Å²) in [6.45, 7) is 5.85. The van der Waals surface area contributed by atoms with Gasteiger partial charge in [-0.15, -0.1) is 0 Å². The van der Waals surface area contributed by atoms with E-state index in [4.69, 9.17) is 4.84 Å². The van der Waals surface area contributed by atoms with Crippen molar-refractivity contribution in [1.29, 1.82) is 0 Å². The van der Waals surface area contributed by atoms with E-state index < -0.39 is 0 Å². The Balaban J connectivity index is 1.53. The van der Waals surface area contributed by atoms with E-state index >= 15 is 0 Å². The summed E-state index contributed by atoms with van der Waals surface area (Å²) in [5, 5.41) is 1.50. The molecule has 1 saturated carbocycles. The number of hydrogen-bond donors (Lipinski definition) is 0. The van der Waals surface area contributed by atoms with Crippen molar-refractivity contribution in [2.75, 3.05) is 13.1 Å². The number of rotatable bonds is 9. The van der Waals surface area contributed by atoms with Crippen LogP contribution in [0.1, 0.15) is 66.9 Å². The van der Waals surface area contributed by atoms with E-state index in [9.17, 15) is 9.59 Å².